The molecule has 0 saturated heterocycles. The Morgan fingerprint density at radius 2 is 1.78 bits per heavy atom. The Morgan fingerprint density at radius 1 is 1.22 bits per heavy atom. The minimum atomic E-state index is 0.211. The summed E-state index contributed by atoms with van der Waals surface area (Å²) < 4.78 is 9.49. The number of hydrogen-bond donors (Lipinski definition) is 0. The Balaban J connectivity index is 0.000000873. The van der Waals surface area contributed by atoms with E-state index in [-0.39, 0.29) is 6.10 Å². The van der Waals surface area contributed by atoms with Crippen molar-refractivity contribution in [1.29, 1.82) is 0 Å². The van der Waals surface area contributed by atoms with Crippen LogP contribution in [0.4, 0.5) is 0 Å². The van der Waals surface area contributed by atoms with E-state index in [1.165, 1.54) is 24.8 Å². The number of hydrogen-bond acceptors (Lipinski definition) is 2. The predicted octanol–water partition coefficient (Wildman–Crippen LogP) is 4.37. The lowest BCUT2D eigenvalue weighted by molar-refractivity contribution is 0.156. The van der Waals surface area contributed by atoms with Gasteiger partial charge in [-0.25, -0.2) is 0 Å². The third-order valence-electron chi connectivity index (χ3n) is 3.45. The zero-order chi connectivity index (χ0) is 14.2. The Hall–Kier alpha value is -0.600. The molecular formula is C16H30O2. The highest BCUT2D eigenvalue weighted by Crippen LogP contribution is 2.40. The Labute approximate surface area is 113 Å². The third kappa shape index (κ3) is 5.83. The van der Waals surface area contributed by atoms with Crippen molar-refractivity contribution in [3.8, 4) is 0 Å². The van der Waals surface area contributed by atoms with E-state index in [1.54, 1.807) is 26.9 Å². The van der Waals surface area contributed by atoms with E-state index in [2.05, 4.69) is 44.6 Å². The first-order valence-electron chi connectivity index (χ1n) is 6.70. The molecule has 0 heterocycles. The van der Waals surface area contributed by atoms with Crippen molar-refractivity contribution in [2.24, 2.45) is 5.41 Å². The lowest BCUT2D eigenvalue weighted by atomic mass is 9.72. The zero-order valence-corrected chi connectivity index (χ0v) is 13.2. The quantitative estimate of drug-likeness (QED) is 0.744. The van der Waals surface area contributed by atoms with Crippen molar-refractivity contribution < 1.29 is 9.47 Å². The maximum atomic E-state index is 5.24. The third-order valence-corrected chi connectivity index (χ3v) is 3.45. The van der Waals surface area contributed by atoms with Crippen LogP contribution in [0.25, 0.3) is 0 Å². The summed E-state index contributed by atoms with van der Waals surface area (Å²) in [5.74, 6) is 0. The monoisotopic (exact) mass is 254 g/mol. The van der Waals surface area contributed by atoms with E-state index in [0.29, 0.717) is 5.41 Å². The van der Waals surface area contributed by atoms with E-state index >= 15 is 0 Å². The zero-order valence-electron chi connectivity index (χ0n) is 13.2. The van der Waals surface area contributed by atoms with Gasteiger partial charge < -0.3 is 9.47 Å². The molecule has 0 aromatic rings. The fourth-order valence-corrected chi connectivity index (χ4v) is 2.32. The molecule has 0 aliphatic heterocycles. The van der Waals surface area contributed by atoms with E-state index in [0.717, 1.165) is 0 Å². The summed E-state index contributed by atoms with van der Waals surface area (Å²) in [7, 11) is 5.00. The number of ether oxygens (including phenoxy) is 2. The molecule has 2 nitrogen and oxygen atoms in total. The van der Waals surface area contributed by atoms with Gasteiger partial charge in [0.2, 0.25) is 0 Å². The molecule has 0 bridgehead atoms. The number of allylic oxidation sites excluding steroid dienone is 3. The van der Waals surface area contributed by atoms with Gasteiger partial charge in [0.25, 0.3) is 0 Å². The molecule has 0 aromatic carbocycles. The summed E-state index contributed by atoms with van der Waals surface area (Å²) in [5, 5.41) is 0. The van der Waals surface area contributed by atoms with Gasteiger partial charge in [-0.2, -0.15) is 0 Å². The number of methoxy groups -OCH3 is 2. The van der Waals surface area contributed by atoms with E-state index in [9.17, 15) is 0 Å². The van der Waals surface area contributed by atoms with Crippen LogP contribution in [0.2, 0.25) is 0 Å². The minimum Gasteiger partial charge on any atom is -0.388 e. The molecule has 0 amide bonds. The minimum absolute atomic E-state index is 0.211. The molecule has 18 heavy (non-hydrogen) atoms. The lowest BCUT2D eigenvalue weighted by Gasteiger charge is -2.33. The van der Waals surface area contributed by atoms with Crippen molar-refractivity contribution in [3.63, 3.8) is 0 Å². The smallest absolute Gasteiger partial charge is 0.0727 e. The summed E-state index contributed by atoms with van der Waals surface area (Å²) in [6.45, 7) is 9.01. The van der Waals surface area contributed by atoms with E-state index < -0.39 is 0 Å². The SMILES string of the molecule is COC.COC(C)C=CC1=C(C)CCCC1(C)C. The summed E-state index contributed by atoms with van der Waals surface area (Å²) in [6, 6.07) is 0. The first kappa shape index (κ1) is 17.4. The van der Waals surface area contributed by atoms with Crippen LogP contribution in [-0.4, -0.2) is 27.4 Å². The van der Waals surface area contributed by atoms with Crippen LogP contribution in [0.3, 0.4) is 0 Å². The molecule has 0 radical (unpaired) electrons. The van der Waals surface area contributed by atoms with Gasteiger partial charge >= 0.3 is 0 Å². The standard InChI is InChI=1S/C14H24O.C2H6O/c1-11-7-6-10-14(3,4)13(11)9-8-12(2)15-5;1-3-2/h8-9,12H,6-7,10H2,1-5H3;1-2H3. The van der Waals surface area contributed by atoms with Gasteiger partial charge in [0.15, 0.2) is 0 Å². The molecule has 0 aromatic heterocycles. The van der Waals surface area contributed by atoms with Crippen LogP contribution >= 0.6 is 0 Å². The normalized spacial score (nSPS) is 20.6. The van der Waals surface area contributed by atoms with Gasteiger partial charge in [-0.1, -0.05) is 31.6 Å². The maximum absolute atomic E-state index is 5.24. The lowest BCUT2D eigenvalue weighted by Crippen LogP contribution is -2.19. The van der Waals surface area contributed by atoms with Crippen molar-refractivity contribution in [3.05, 3.63) is 23.3 Å². The Kier molecular flexibility index (Phi) is 8.21. The molecule has 1 aliphatic carbocycles. The second kappa shape index (κ2) is 8.49. The van der Waals surface area contributed by atoms with Crippen molar-refractivity contribution in [2.75, 3.05) is 21.3 Å². The molecule has 1 unspecified atom stereocenters. The second-order valence-electron chi connectivity index (χ2n) is 5.64. The molecule has 1 rings (SSSR count). The van der Waals surface area contributed by atoms with Crippen LogP contribution in [0.1, 0.15) is 47.0 Å². The number of rotatable bonds is 3. The fraction of sp³-hybridized carbons (Fsp3) is 0.750. The topological polar surface area (TPSA) is 18.5 Å². The Bertz CT molecular complexity index is 287. The van der Waals surface area contributed by atoms with E-state index in [4.69, 9.17) is 4.74 Å². The summed E-state index contributed by atoms with van der Waals surface area (Å²) >= 11 is 0. The molecule has 2 heteroatoms. The van der Waals surface area contributed by atoms with Crippen molar-refractivity contribution in [2.45, 2.75) is 53.1 Å². The predicted molar refractivity (Wildman–Crippen MR) is 78.9 cm³/mol. The highest BCUT2D eigenvalue weighted by Gasteiger charge is 2.26. The van der Waals surface area contributed by atoms with Crippen molar-refractivity contribution >= 4 is 0 Å². The molecule has 1 atom stereocenters. The van der Waals surface area contributed by atoms with Crippen molar-refractivity contribution in [1.82, 2.24) is 0 Å². The second-order valence-corrected chi connectivity index (χ2v) is 5.64. The highest BCUT2D eigenvalue weighted by molar-refractivity contribution is 5.32. The fourth-order valence-electron chi connectivity index (χ4n) is 2.32. The van der Waals surface area contributed by atoms with Crippen LogP contribution in [0.15, 0.2) is 23.3 Å². The van der Waals surface area contributed by atoms with Gasteiger partial charge in [0.05, 0.1) is 6.10 Å². The van der Waals surface area contributed by atoms with Gasteiger partial charge in [-0.15, -0.1) is 0 Å². The summed E-state index contributed by atoms with van der Waals surface area (Å²) in [5.41, 5.74) is 3.40. The van der Waals surface area contributed by atoms with E-state index in [1.807, 2.05) is 0 Å². The van der Waals surface area contributed by atoms with Gasteiger partial charge in [-0.3, -0.25) is 0 Å². The average Bonchev–Trinajstić information content (AvgIpc) is 2.28. The summed E-state index contributed by atoms with van der Waals surface area (Å²) in [6.07, 6.45) is 8.52. The maximum Gasteiger partial charge on any atom is 0.0727 e. The van der Waals surface area contributed by atoms with Crippen LogP contribution < -0.4 is 0 Å². The summed E-state index contributed by atoms with van der Waals surface area (Å²) in [4.78, 5) is 0. The average molecular weight is 254 g/mol. The molecule has 1 aliphatic rings. The van der Waals surface area contributed by atoms with Gasteiger partial charge in [-0.05, 0) is 44.1 Å². The first-order chi connectivity index (χ1) is 8.38. The molecule has 106 valence electrons. The molecule has 0 saturated carbocycles. The largest absolute Gasteiger partial charge is 0.388 e. The van der Waals surface area contributed by atoms with Crippen LogP contribution in [0, 0.1) is 5.41 Å². The molecule has 0 spiro atoms. The van der Waals surface area contributed by atoms with Crippen LogP contribution in [-0.2, 0) is 9.47 Å². The highest BCUT2D eigenvalue weighted by atomic mass is 16.5. The van der Waals surface area contributed by atoms with Gasteiger partial charge in [0.1, 0.15) is 0 Å². The first-order valence-corrected chi connectivity index (χ1v) is 6.70. The molecular weight excluding hydrogens is 224 g/mol. The van der Waals surface area contributed by atoms with Gasteiger partial charge in [0, 0.05) is 21.3 Å². The Morgan fingerprint density at radius 3 is 2.22 bits per heavy atom. The molecule has 0 N–H and O–H groups in total. The molecule has 0 fully saturated rings. The van der Waals surface area contributed by atoms with Crippen LogP contribution in [0.5, 0.6) is 0 Å².